The minimum atomic E-state index is 0.746. The molecule has 0 aliphatic heterocycles. The van der Waals surface area contributed by atoms with Crippen LogP contribution in [0.2, 0.25) is 0 Å². The first-order valence-electron chi connectivity index (χ1n) is 5.97. The van der Waals surface area contributed by atoms with Crippen LogP contribution in [-0.4, -0.2) is 39.3 Å². The van der Waals surface area contributed by atoms with Crippen LogP contribution in [0.3, 0.4) is 0 Å². The first kappa shape index (κ1) is 15.0. The van der Waals surface area contributed by atoms with Gasteiger partial charge in [-0.3, -0.25) is 4.99 Å². The number of ether oxygens (including phenoxy) is 1. The molecule has 0 amide bonds. The molecule has 0 aromatic carbocycles. The molecular formula is C12H25N3O. The molecule has 0 spiro atoms. The van der Waals surface area contributed by atoms with Crippen LogP contribution in [0.15, 0.2) is 17.6 Å². The maximum absolute atomic E-state index is 4.99. The van der Waals surface area contributed by atoms with E-state index in [0.717, 1.165) is 51.5 Å². The zero-order valence-corrected chi connectivity index (χ0v) is 10.6. The second kappa shape index (κ2) is 12.0. The Kier molecular flexibility index (Phi) is 11.3. The Morgan fingerprint density at radius 3 is 2.75 bits per heavy atom. The number of hydrogen-bond acceptors (Lipinski definition) is 2. The van der Waals surface area contributed by atoms with E-state index in [9.17, 15) is 0 Å². The molecule has 0 aliphatic rings. The van der Waals surface area contributed by atoms with Crippen molar-refractivity contribution >= 4 is 5.96 Å². The summed E-state index contributed by atoms with van der Waals surface area (Å²) >= 11 is 0. The number of methoxy groups -OCH3 is 1. The highest BCUT2D eigenvalue weighted by Gasteiger charge is 1.94. The van der Waals surface area contributed by atoms with Crippen molar-refractivity contribution in [2.24, 2.45) is 4.99 Å². The Hall–Kier alpha value is -1.03. The zero-order chi connectivity index (χ0) is 12.1. The maximum atomic E-state index is 4.99. The Balaban J connectivity index is 3.62. The van der Waals surface area contributed by atoms with Crippen LogP contribution < -0.4 is 10.6 Å². The topological polar surface area (TPSA) is 45.7 Å². The summed E-state index contributed by atoms with van der Waals surface area (Å²) in [6, 6.07) is 0. The van der Waals surface area contributed by atoms with Gasteiger partial charge in [0, 0.05) is 33.4 Å². The average molecular weight is 227 g/mol. The summed E-state index contributed by atoms with van der Waals surface area (Å²) in [6.07, 6.45) is 5.21. The van der Waals surface area contributed by atoms with Crippen molar-refractivity contribution in [2.45, 2.75) is 26.2 Å². The summed E-state index contributed by atoms with van der Waals surface area (Å²) in [5, 5.41) is 6.35. The molecule has 16 heavy (non-hydrogen) atoms. The van der Waals surface area contributed by atoms with Crippen molar-refractivity contribution in [3.63, 3.8) is 0 Å². The maximum Gasteiger partial charge on any atom is 0.191 e. The van der Waals surface area contributed by atoms with E-state index < -0.39 is 0 Å². The Morgan fingerprint density at radius 1 is 1.31 bits per heavy atom. The van der Waals surface area contributed by atoms with Crippen LogP contribution in [0, 0.1) is 0 Å². The van der Waals surface area contributed by atoms with Gasteiger partial charge in [0.05, 0.1) is 0 Å². The number of nitrogens with zero attached hydrogens (tertiary/aromatic N) is 1. The molecule has 4 heteroatoms. The lowest BCUT2D eigenvalue weighted by atomic mass is 10.2. The van der Waals surface area contributed by atoms with Crippen LogP contribution in [0.4, 0.5) is 0 Å². The third-order valence-corrected chi connectivity index (χ3v) is 2.03. The fraction of sp³-hybridized carbons (Fsp3) is 0.750. The highest BCUT2D eigenvalue weighted by Crippen LogP contribution is 1.95. The van der Waals surface area contributed by atoms with Crippen molar-refractivity contribution in [3.05, 3.63) is 12.7 Å². The van der Waals surface area contributed by atoms with Crippen LogP contribution >= 0.6 is 0 Å². The van der Waals surface area contributed by atoms with E-state index >= 15 is 0 Å². The van der Waals surface area contributed by atoms with Crippen molar-refractivity contribution in [2.75, 3.05) is 33.4 Å². The SMILES string of the molecule is C=CCNC(=NCCCCCOC)NCC. The van der Waals surface area contributed by atoms with Gasteiger partial charge in [0.1, 0.15) is 0 Å². The van der Waals surface area contributed by atoms with Gasteiger partial charge in [0.25, 0.3) is 0 Å². The molecule has 0 saturated carbocycles. The average Bonchev–Trinajstić information content (AvgIpc) is 2.30. The van der Waals surface area contributed by atoms with Gasteiger partial charge in [-0.2, -0.15) is 0 Å². The number of aliphatic imine (C=N–C) groups is 1. The summed E-state index contributed by atoms with van der Waals surface area (Å²) in [5.41, 5.74) is 0. The smallest absolute Gasteiger partial charge is 0.191 e. The normalized spacial score (nSPS) is 11.2. The van der Waals surface area contributed by atoms with Crippen LogP contribution in [0.1, 0.15) is 26.2 Å². The Morgan fingerprint density at radius 2 is 2.12 bits per heavy atom. The van der Waals surface area contributed by atoms with Gasteiger partial charge in [0.2, 0.25) is 0 Å². The lowest BCUT2D eigenvalue weighted by Gasteiger charge is -2.09. The van der Waals surface area contributed by atoms with Crippen molar-refractivity contribution in [1.29, 1.82) is 0 Å². The molecule has 0 saturated heterocycles. The van der Waals surface area contributed by atoms with Crippen LogP contribution in [-0.2, 0) is 4.74 Å². The fourth-order valence-corrected chi connectivity index (χ4v) is 1.24. The molecule has 0 aromatic heterocycles. The van der Waals surface area contributed by atoms with Gasteiger partial charge in [-0.05, 0) is 26.2 Å². The van der Waals surface area contributed by atoms with Gasteiger partial charge >= 0.3 is 0 Å². The molecule has 0 aromatic rings. The lowest BCUT2D eigenvalue weighted by molar-refractivity contribution is 0.192. The fourth-order valence-electron chi connectivity index (χ4n) is 1.24. The van der Waals surface area contributed by atoms with E-state index in [1.807, 2.05) is 6.08 Å². The minimum Gasteiger partial charge on any atom is -0.385 e. The molecule has 0 atom stereocenters. The number of rotatable bonds is 9. The predicted molar refractivity (Wildman–Crippen MR) is 69.9 cm³/mol. The number of unbranched alkanes of at least 4 members (excludes halogenated alkanes) is 2. The lowest BCUT2D eigenvalue weighted by Crippen LogP contribution is -2.37. The van der Waals surface area contributed by atoms with E-state index in [1.54, 1.807) is 7.11 Å². The molecular weight excluding hydrogens is 202 g/mol. The monoisotopic (exact) mass is 227 g/mol. The van der Waals surface area contributed by atoms with E-state index in [4.69, 9.17) is 4.74 Å². The Labute approximate surface area is 99.2 Å². The minimum absolute atomic E-state index is 0.746. The van der Waals surface area contributed by atoms with E-state index in [1.165, 1.54) is 0 Å². The first-order valence-corrected chi connectivity index (χ1v) is 5.97. The van der Waals surface area contributed by atoms with Gasteiger partial charge in [0.15, 0.2) is 5.96 Å². The third kappa shape index (κ3) is 9.52. The molecule has 0 heterocycles. The van der Waals surface area contributed by atoms with E-state index in [-0.39, 0.29) is 0 Å². The van der Waals surface area contributed by atoms with Gasteiger partial charge in [-0.25, -0.2) is 0 Å². The molecule has 2 N–H and O–H groups in total. The van der Waals surface area contributed by atoms with Crippen molar-refractivity contribution < 1.29 is 4.74 Å². The molecule has 94 valence electrons. The summed E-state index contributed by atoms with van der Waals surface area (Å²) in [6.45, 7) is 9.05. The molecule has 0 radical (unpaired) electrons. The Bertz CT molecular complexity index is 193. The zero-order valence-electron chi connectivity index (χ0n) is 10.6. The predicted octanol–water partition coefficient (Wildman–Crippen LogP) is 1.54. The van der Waals surface area contributed by atoms with Crippen LogP contribution in [0.5, 0.6) is 0 Å². The number of guanidine groups is 1. The summed E-state index contributed by atoms with van der Waals surface area (Å²) in [7, 11) is 1.74. The standard InChI is InChI=1S/C12H25N3O/c1-4-9-14-12(13-5-2)15-10-7-6-8-11-16-3/h4H,1,5-11H2,2-3H3,(H2,13,14,15). The van der Waals surface area contributed by atoms with Crippen molar-refractivity contribution in [1.82, 2.24) is 10.6 Å². The second-order valence-corrected chi connectivity index (χ2v) is 3.48. The summed E-state index contributed by atoms with van der Waals surface area (Å²) in [5.74, 6) is 0.870. The second-order valence-electron chi connectivity index (χ2n) is 3.48. The third-order valence-electron chi connectivity index (χ3n) is 2.03. The molecule has 0 aliphatic carbocycles. The first-order chi connectivity index (χ1) is 7.85. The highest BCUT2D eigenvalue weighted by molar-refractivity contribution is 5.79. The molecule has 0 fully saturated rings. The number of nitrogens with one attached hydrogen (secondary N) is 2. The van der Waals surface area contributed by atoms with Crippen molar-refractivity contribution in [3.8, 4) is 0 Å². The summed E-state index contributed by atoms with van der Waals surface area (Å²) in [4.78, 5) is 4.45. The van der Waals surface area contributed by atoms with E-state index in [2.05, 4.69) is 29.1 Å². The largest absolute Gasteiger partial charge is 0.385 e. The van der Waals surface area contributed by atoms with E-state index in [0.29, 0.717) is 0 Å². The molecule has 0 unspecified atom stereocenters. The molecule has 4 nitrogen and oxygen atoms in total. The number of hydrogen-bond donors (Lipinski definition) is 2. The van der Waals surface area contributed by atoms with Gasteiger partial charge in [-0.15, -0.1) is 6.58 Å². The van der Waals surface area contributed by atoms with Gasteiger partial charge in [-0.1, -0.05) is 6.08 Å². The quantitative estimate of drug-likeness (QED) is 0.272. The summed E-state index contributed by atoms with van der Waals surface area (Å²) < 4.78 is 4.99. The molecule has 0 bridgehead atoms. The highest BCUT2D eigenvalue weighted by atomic mass is 16.5. The van der Waals surface area contributed by atoms with Gasteiger partial charge < -0.3 is 15.4 Å². The molecule has 0 rings (SSSR count). The van der Waals surface area contributed by atoms with Crippen LogP contribution in [0.25, 0.3) is 0 Å².